The largest absolute Gasteiger partial charge is 0.466 e. The van der Waals surface area contributed by atoms with Crippen LogP contribution in [0, 0.1) is 5.92 Å². The van der Waals surface area contributed by atoms with Crippen LogP contribution in [0.1, 0.15) is 53.4 Å². The molecular weight excluding hydrogens is 242 g/mol. The van der Waals surface area contributed by atoms with E-state index in [1.165, 1.54) is 0 Å². The van der Waals surface area contributed by atoms with Crippen LogP contribution in [-0.2, 0) is 9.53 Å². The number of piperidine rings is 1. The molecule has 1 heterocycles. The van der Waals surface area contributed by atoms with E-state index in [9.17, 15) is 9.90 Å². The predicted molar refractivity (Wildman–Crippen MR) is 75.9 cm³/mol. The zero-order valence-corrected chi connectivity index (χ0v) is 12.8. The number of likely N-dealkylation sites (tertiary alicyclic amines) is 1. The van der Waals surface area contributed by atoms with Crippen molar-refractivity contribution in [2.45, 2.75) is 65.0 Å². The molecule has 1 N–H and O–H groups in total. The molecule has 0 aromatic heterocycles. The summed E-state index contributed by atoms with van der Waals surface area (Å²) in [7, 11) is 0. The van der Waals surface area contributed by atoms with Crippen LogP contribution in [0.2, 0.25) is 0 Å². The molecule has 1 rings (SSSR count). The van der Waals surface area contributed by atoms with Crippen molar-refractivity contribution >= 4 is 5.97 Å². The highest BCUT2D eigenvalue weighted by atomic mass is 16.5. The Morgan fingerprint density at radius 1 is 1.32 bits per heavy atom. The van der Waals surface area contributed by atoms with Crippen LogP contribution >= 0.6 is 0 Å². The molecule has 1 fully saturated rings. The molecular formula is C15H29NO3. The van der Waals surface area contributed by atoms with Crippen LogP contribution < -0.4 is 0 Å². The topological polar surface area (TPSA) is 49.8 Å². The second-order valence-electron chi connectivity index (χ2n) is 5.83. The summed E-state index contributed by atoms with van der Waals surface area (Å²) in [6, 6.07) is 0.497. The normalized spacial score (nSPS) is 21.4. The number of esters is 1. The van der Waals surface area contributed by atoms with Crippen LogP contribution in [0.15, 0.2) is 0 Å². The quantitative estimate of drug-likeness (QED) is 0.752. The van der Waals surface area contributed by atoms with Gasteiger partial charge in [0.1, 0.15) is 0 Å². The molecule has 4 heteroatoms. The van der Waals surface area contributed by atoms with Gasteiger partial charge in [-0.2, -0.15) is 0 Å². The van der Waals surface area contributed by atoms with Gasteiger partial charge >= 0.3 is 5.97 Å². The van der Waals surface area contributed by atoms with Gasteiger partial charge in [-0.3, -0.25) is 4.79 Å². The Labute approximate surface area is 117 Å². The molecule has 1 saturated heterocycles. The molecule has 0 aliphatic carbocycles. The smallest absolute Gasteiger partial charge is 0.311 e. The van der Waals surface area contributed by atoms with Crippen LogP contribution in [0.3, 0.4) is 0 Å². The fourth-order valence-corrected chi connectivity index (χ4v) is 2.91. The van der Waals surface area contributed by atoms with Gasteiger partial charge in [-0.05, 0) is 40.0 Å². The summed E-state index contributed by atoms with van der Waals surface area (Å²) in [5.74, 6) is -0.600. The lowest BCUT2D eigenvalue weighted by molar-refractivity contribution is -0.163. The molecule has 112 valence electrons. The number of hydrogen-bond acceptors (Lipinski definition) is 4. The maximum atomic E-state index is 12.1. The number of rotatable bonds is 6. The van der Waals surface area contributed by atoms with Crippen LogP contribution in [0.4, 0.5) is 0 Å². The minimum absolute atomic E-state index is 0.232. The van der Waals surface area contributed by atoms with E-state index in [0.29, 0.717) is 31.9 Å². The molecule has 0 saturated carbocycles. The average molecular weight is 271 g/mol. The Kier molecular flexibility index (Phi) is 6.27. The summed E-state index contributed by atoms with van der Waals surface area (Å²) in [5, 5.41) is 10.8. The van der Waals surface area contributed by atoms with Crippen molar-refractivity contribution in [3.8, 4) is 0 Å². The fourth-order valence-electron chi connectivity index (χ4n) is 2.91. The Morgan fingerprint density at radius 3 is 2.32 bits per heavy atom. The van der Waals surface area contributed by atoms with Gasteiger partial charge in [0.25, 0.3) is 0 Å². The summed E-state index contributed by atoms with van der Waals surface area (Å²) < 4.78 is 5.14. The lowest BCUT2D eigenvalue weighted by Gasteiger charge is -2.43. The Balaban J connectivity index is 2.70. The van der Waals surface area contributed by atoms with E-state index in [4.69, 9.17) is 4.74 Å². The van der Waals surface area contributed by atoms with Gasteiger partial charge in [0.2, 0.25) is 0 Å². The monoisotopic (exact) mass is 271 g/mol. The van der Waals surface area contributed by atoms with Crippen molar-refractivity contribution < 1.29 is 14.6 Å². The number of nitrogens with zero attached hydrogens (tertiary/aromatic N) is 1. The van der Waals surface area contributed by atoms with Gasteiger partial charge in [-0.1, -0.05) is 13.3 Å². The third kappa shape index (κ3) is 4.18. The summed E-state index contributed by atoms with van der Waals surface area (Å²) in [6.45, 7) is 10.3. The number of ether oxygens (including phenoxy) is 1. The molecule has 19 heavy (non-hydrogen) atoms. The second-order valence-corrected chi connectivity index (χ2v) is 5.83. The first-order valence-corrected chi connectivity index (χ1v) is 7.57. The number of aliphatic hydroxyl groups is 1. The minimum Gasteiger partial charge on any atom is -0.466 e. The highest BCUT2D eigenvalue weighted by Crippen LogP contribution is 2.34. The minimum atomic E-state index is -0.881. The Morgan fingerprint density at radius 2 is 1.89 bits per heavy atom. The first kappa shape index (κ1) is 16.4. The van der Waals surface area contributed by atoms with E-state index >= 15 is 0 Å². The Hall–Kier alpha value is -0.610. The first-order valence-electron chi connectivity index (χ1n) is 7.57. The average Bonchev–Trinajstić information content (AvgIpc) is 2.36. The summed E-state index contributed by atoms with van der Waals surface area (Å²) in [5.41, 5.74) is -0.881. The summed E-state index contributed by atoms with van der Waals surface area (Å²) >= 11 is 0. The SMILES string of the molecule is CCCC(C(=O)OCC)C1(O)CCN(C(C)C)CC1. The molecule has 1 atom stereocenters. The fraction of sp³-hybridized carbons (Fsp3) is 0.933. The predicted octanol–water partition coefficient (Wildman–Crippen LogP) is 2.20. The van der Waals surface area contributed by atoms with Crippen molar-refractivity contribution in [2.24, 2.45) is 5.92 Å². The molecule has 0 aromatic rings. The van der Waals surface area contributed by atoms with Crippen molar-refractivity contribution in [1.29, 1.82) is 0 Å². The molecule has 4 nitrogen and oxygen atoms in total. The van der Waals surface area contributed by atoms with Gasteiger partial charge < -0.3 is 14.7 Å². The van der Waals surface area contributed by atoms with E-state index in [0.717, 1.165) is 19.5 Å². The van der Waals surface area contributed by atoms with E-state index in [1.807, 2.05) is 13.8 Å². The number of hydrogen-bond donors (Lipinski definition) is 1. The van der Waals surface area contributed by atoms with Crippen molar-refractivity contribution in [2.75, 3.05) is 19.7 Å². The number of carbonyl (C=O) groups is 1. The lowest BCUT2D eigenvalue weighted by atomic mass is 9.77. The van der Waals surface area contributed by atoms with E-state index < -0.39 is 5.60 Å². The second kappa shape index (κ2) is 7.25. The molecule has 1 unspecified atom stereocenters. The maximum Gasteiger partial charge on any atom is 0.311 e. The zero-order valence-electron chi connectivity index (χ0n) is 12.8. The van der Waals surface area contributed by atoms with Gasteiger partial charge in [0.15, 0.2) is 0 Å². The zero-order chi connectivity index (χ0) is 14.5. The van der Waals surface area contributed by atoms with Gasteiger partial charge in [0, 0.05) is 19.1 Å². The molecule has 0 aromatic carbocycles. The van der Waals surface area contributed by atoms with Gasteiger partial charge in [0.05, 0.1) is 18.1 Å². The standard InChI is InChI=1S/C15H29NO3/c1-5-7-13(14(17)19-6-2)15(18)8-10-16(11-9-15)12(3)4/h12-13,18H,5-11H2,1-4H3. The highest BCUT2D eigenvalue weighted by Gasteiger charge is 2.44. The van der Waals surface area contributed by atoms with Crippen LogP contribution in [0.5, 0.6) is 0 Å². The van der Waals surface area contributed by atoms with E-state index in [2.05, 4.69) is 18.7 Å². The highest BCUT2D eigenvalue weighted by molar-refractivity contribution is 5.73. The molecule has 0 bridgehead atoms. The van der Waals surface area contributed by atoms with Crippen molar-refractivity contribution in [1.82, 2.24) is 4.90 Å². The summed E-state index contributed by atoms with van der Waals surface area (Å²) in [6.07, 6.45) is 2.92. The summed E-state index contributed by atoms with van der Waals surface area (Å²) in [4.78, 5) is 14.4. The van der Waals surface area contributed by atoms with Crippen LogP contribution in [-0.4, -0.2) is 47.3 Å². The molecule has 0 amide bonds. The molecule has 0 spiro atoms. The maximum absolute atomic E-state index is 12.1. The van der Waals surface area contributed by atoms with Gasteiger partial charge in [-0.25, -0.2) is 0 Å². The van der Waals surface area contributed by atoms with Crippen molar-refractivity contribution in [3.63, 3.8) is 0 Å². The Bertz CT molecular complexity index is 283. The first-order chi connectivity index (χ1) is 8.94. The molecule has 0 radical (unpaired) electrons. The van der Waals surface area contributed by atoms with E-state index in [1.54, 1.807) is 0 Å². The molecule has 1 aliphatic heterocycles. The van der Waals surface area contributed by atoms with Crippen molar-refractivity contribution in [3.05, 3.63) is 0 Å². The third-order valence-corrected chi connectivity index (χ3v) is 4.19. The third-order valence-electron chi connectivity index (χ3n) is 4.19. The van der Waals surface area contributed by atoms with Gasteiger partial charge in [-0.15, -0.1) is 0 Å². The number of carbonyl (C=O) groups excluding carboxylic acids is 1. The van der Waals surface area contributed by atoms with E-state index in [-0.39, 0.29) is 11.9 Å². The lowest BCUT2D eigenvalue weighted by Crippen LogP contribution is -2.52. The molecule has 1 aliphatic rings. The van der Waals surface area contributed by atoms with Crippen LogP contribution in [0.25, 0.3) is 0 Å².